The molecule has 1 fully saturated rings. The lowest BCUT2D eigenvalue weighted by Crippen LogP contribution is -2.47. The first-order chi connectivity index (χ1) is 9.01. The van der Waals surface area contributed by atoms with E-state index in [-0.39, 0.29) is 13.2 Å². The highest BCUT2D eigenvalue weighted by Crippen LogP contribution is 2.33. The van der Waals surface area contributed by atoms with Gasteiger partial charge in [0.25, 0.3) is 0 Å². The van der Waals surface area contributed by atoms with E-state index < -0.39 is 11.4 Å². The van der Waals surface area contributed by atoms with Crippen molar-refractivity contribution in [2.75, 3.05) is 13.2 Å². The molecule has 1 saturated heterocycles. The van der Waals surface area contributed by atoms with E-state index in [2.05, 4.69) is 0 Å². The average molecular weight is 261 g/mol. The minimum Gasteiger partial charge on any atom is -0.380 e. The van der Waals surface area contributed by atoms with Gasteiger partial charge in [0, 0.05) is 22.6 Å². The Kier molecular flexibility index (Phi) is 2.73. The van der Waals surface area contributed by atoms with E-state index in [0.29, 0.717) is 5.56 Å². The van der Waals surface area contributed by atoms with Crippen LogP contribution in [0.5, 0.6) is 0 Å². The van der Waals surface area contributed by atoms with E-state index in [4.69, 9.17) is 4.74 Å². The van der Waals surface area contributed by atoms with Gasteiger partial charge in [-0.3, -0.25) is 0 Å². The third-order valence-corrected chi connectivity index (χ3v) is 3.66. The number of halogens is 1. The monoisotopic (exact) mass is 261 g/mol. The topological polar surface area (TPSA) is 34.4 Å². The van der Waals surface area contributed by atoms with Crippen LogP contribution < -0.4 is 0 Å². The molecule has 0 spiro atoms. The van der Waals surface area contributed by atoms with Gasteiger partial charge in [0.15, 0.2) is 0 Å². The van der Waals surface area contributed by atoms with E-state index in [9.17, 15) is 9.50 Å². The van der Waals surface area contributed by atoms with Gasteiger partial charge in [-0.2, -0.15) is 0 Å². The van der Waals surface area contributed by atoms with E-state index in [0.717, 1.165) is 17.1 Å². The van der Waals surface area contributed by atoms with Gasteiger partial charge >= 0.3 is 0 Å². The molecular weight excluding hydrogens is 245 g/mol. The zero-order valence-electron chi connectivity index (χ0n) is 11.0. The van der Waals surface area contributed by atoms with Gasteiger partial charge < -0.3 is 14.4 Å². The lowest BCUT2D eigenvalue weighted by Gasteiger charge is -2.37. The summed E-state index contributed by atoms with van der Waals surface area (Å²) in [6.45, 7) is 4.29. The first-order valence-corrected chi connectivity index (χ1v) is 6.27. The van der Waals surface area contributed by atoms with Crippen LogP contribution in [0, 0.1) is 19.7 Å². The van der Waals surface area contributed by atoms with Crippen molar-refractivity contribution in [1.82, 2.24) is 4.57 Å². The highest BCUT2D eigenvalue weighted by Gasteiger charge is 2.40. The summed E-state index contributed by atoms with van der Waals surface area (Å²) in [4.78, 5) is 0. The van der Waals surface area contributed by atoms with Crippen molar-refractivity contribution in [3.63, 3.8) is 0 Å². The number of aromatic nitrogens is 1. The van der Waals surface area contributed by atoms with Crippen molar-refractivity contribution in [2.24, 2.45) is 0 Å². The van der Waals surface area contributed by atoms with Crippen LogP contribution in [0.3, 0.4) is 0 Å². The van der Waals surface area contributed by atoms with Crippen molar-refractivity contribution < 1.29 is 14.2 Å². The Morgan fingerprint density at radius 1 is 1.16 bits per heavy atom. The Morgan fingerprint density at radius 3 is 2.32 bits per heavy atom. The van der Waals surface area contributed by atoms with E-state index in [1.54, 1.807) is 12.1 Å². The smallest absolute Gasteiger partial charge is 0.139 e. The first kappa shape index (κ1) is 12.4. The zero-order valence-corrected chi connectivity index (χ0v) is 11.0. The number of nitrogens with zero attached hydrogens (tertiary/aromatic N) is 1. The van der Waals surface area contributed by atoms with E-state index in [1.807, 2.05) is 30.5 Å². The van der Waals surface area contributed by atoms with Gasteiger partial charge in [-0.15, -0.1) is 0 Å². The molecule has 19 heavy (non-hydrogen) atoms. The standard InChI is InChI=1S/C15H16FNO2/c1-10-3-4-11(2)17(10)12-5-6-14(16)13(7-12)15(18)8-19-9-15/h3-7,18H,8-9H2,1-2H3. The zero-order chi connectivity index (χ0) is 13.6. The van der Waals surface area contributed by atoms with Gasteiger partial charge in [-0.25, -0.2) is 4.39 Å². The molecule has 2 aromatic rings. The predicted octanol–water partition coefficient (Wildman–Crippen LogP) is 2.45. The second kappa shape index (κ2) is 4.18. The van der Waals surface area contributed by atoms with E-state index in [1.165, 1.54) is 6.07 Å². The van der Waals surface area contributed by atoms with Crippen molar-refractivity contribution in [3.8, 4) is 5.69 Å². The summed E-state index contributed by atoms with van der Waals surface area (Å²) in [6.07, 6.45) is 0. The van der Waals surface area contributed by atoms with Crippen LogP contribution in [0.15, 0.2) is 30.3 Å². The SMILES string of the molecule is Cc1ccc(C)n1-c1ccc(F)c(C2(O)COC2)c1. The molecule has 0 aliphatic carbocycles. The van der Waals surface area contributed by atoms with Crippen LogP contribution in [-0.2, 0) is 10.3 Å². The van der Waals surface area contributed by atoms with Crippen LogP contribution in [0.25, 0.3) is 5.69 Å². The second-order valence-electron chi connectivity index (χ2n) is 5.14. The molecule has 0 amide bonds. The van der Waals surface area contributed by atoms with Crippen LogP contribution in [-0.4, -0.2) is 22.9 Å². The maximum absolute atomic E-state index is 13.9. The lowest BCUT2D eigenvalue weighted by molar-refractivity contribution is -0.186. The second-order valence-corrected chi connectivity index (χ2v) is 5.14. The van der Waals surface area contributed by atoms with Crippen LogP contribution in [0.4, 0.5) is 4.39 Å². The predicted molar refractivity (Wildman–Crippen MR) is 69.9 cm³/mol. The minimum atomic E-state index is -1.19. The Labute approximate surface area is 111 Å². The molecule has 1 N–H and O–H groups in total. The Balaban J connectivity index is 2.12. The molecule has 1 aliphatic heterocycles. The highest BCUT2D eigenvalue weighted by molar-refractivity contribution is 5.43. The molecule has 1 aromatic heterocycles. The molecule has 0 unspecified atom stereocenters. The first-order valence-electron chi connectivity index (χ1n) is 6.27. The van der Waals surface area contributed by atoms with Gasteiger partial charge in [-0.05, 0) is 44.2 Å². The molecule has 0 saturated carbocycles. The molecule has 3 nitrogen and oxygen atoms in total. The minimum absolute atomic E-state index is 0.150. The third-order valence-electron chi connectivity index (χ3n) is 3.66. The normalized spacial score (nSPS) is 17.3. The van der Waals surface area contributed by atoms with Crippen LogP contribution >= 0.6 is 0 Å². The van der Waals surface area contributed by atoms with Crippen molar-refractivity contribution in [1.29, 1.82) is 0 Å². The summed E-state index contributed by atoms with van der Waals surface area (Å²) >= 11 is 0. The number of benzene rings is 1. The summed E-state index contributed by atoms with van der Waals surface area (Å²) in [7, 11) is 0. The molecule has 100 valence electrons. The maximum Gasteiger partial charge on any atom is 0.139 e. The van der Waals surface area contributed by atoms with Gasteiger partial charge in [0.2, 0.25) is 0 Å². The van der Waals surface area contributed by atoms with E-state index >= 15 is 0 Å². The van der Waals surface area contributed by atoms with Crippen LogP contribution in [0.2, 0.25) is 0 Å². The van der Waals surface area contributed by atoms with Crippen LogP contribution in [0.1, 0.15) is 17.0 Å². The average Bonchev–Trinajstić information content (AvgIpc) is 2.67. The van der Waals surface area contributed by atoms with Crippen molar-refractivity contribution in [2.45, 2.75) is 19.4 Å². The summed E-state index contributed by atoms with van der Waals surface area (Å²) in [5.74, 6) is -0.392. The number of ether oxygens (including phenoxy) is 1. The molecule has 0 bridgehead atoms. The maximum atomic E-state index is 13.9. The fraction of sp³-hybridized carbons (Fsp3) is 0.333. The molecule has 1 aliphatic rings. The molecule has 0 atom stereocenters. The number of hydrogen-bond acceptors (Lipinski definition) is 2. The molecule has 3 rings (SSSR count). The Morgan fingerprint density at radius 2 is 1.79 bits per heavy atom. The largest absolute Gasteiger partial charge is 0.380 e. The number of hydrogen-bond donors (Lipinski definition) is 1. The van der Waals surface area contributed by atoms with Crippen molar-refractivity contribution >= 4 is 0 Å². The molecule has 0 radical (unpaired) electrons. The summed E-state index contributed by atoms with van der Waals surface area (Å²) in [6, 6.07) is 8.86. The lowest BCUT2D eigenvalue weighted by atomic mass is 9.91. The fourth-order valence-electron chi connectivity index (χ4n) is 2.54. The molecule has 4 heteroatoms. The van der Waals surface area contributed by atoms with Gasteiger partial charge in [-0.1, -0.05) is 0 Å². The summed E-state index contributed by atoms with van der Waals surface area (Å²) < 4.78 is 20.9. The summed E-state index contributed by atoms with van der Waals surface area (Å²) in [5.41, 5.74) is 2.13. The Bertz CT molecular complexity index is 610. The third kappa shape index (κ3) is 1.88. The van der Waals surface area contributed by atoms with Crippen molar-refractivity contribution in [3.05, 3.63) is 53.1 Å². The molecule has 1 aromatic carbocycles. The number of aryl methyl sites for hydroxylation is 2. The van der Waals surface area contributed by atoms with Gasteiger partial charge in [0.05, 0.1) is 13.2 Å². The highest BCUT2D eigenvalue weighted by atomic mass is 19.1. The number of aliphatic hydroxyl groups is 1. The molecular formula is C15H16FNO2. The van der Waals surface area contributed by atoms with Gasteiger partial charge in [0.1, 0.15) is 11.4 Å². The Hall–Kier alpha value is -1.65. The number of rotatable bonds is 2. The quantitative estimate of drug-likeness (QED) is 0.901. The fourth-order valence-corrected chi connectivity index (χ4v) is 2.54. The molecule has 2 heterocycles. The summed E-state index contributed by atoms with van der Waals surface area (Å²) in [5, 5.41) is 10.2.